The largest absolute Gasteiger partial charge is 0.507 e. The number of nitrogens with one attached hydrogen (secondary N) is 1. The van der Waals surface area contributed by atoms with Gasteiger partial charge in [-0.1, -0.05) is 44.6 Å². The van der Waals surface area contributed by atoms with Crippen molar-refractivity contribution in [3.8, 4) is 0 Å². The van der Waals surface area contributed by atoms with Crippen molar-refractivity contribution < 1.29 is 43.5 Å². The number of ether oxygens (including phenoxy) is 4. The fourth-order valence-electron chi connectivity index (χ4n) is 6.82. The number of nitrogens with zero attached hydrogens (tertiary/aromatic N) is 1. The van der Waals surface area contributed by atoms with Crippen LogP contribution in [0.4, 0.5) is 0 Å². The number of hydrogen-bond acceptors (Lipinski definition) is 9. The number of allylic oxidation sites excluding steroid dienone is 3. The molecule has 0 aromatic heterocycles. The van der Waals surface area contributed by atoms with E-state index in [2.05, 4.69) is 31.3 Å². The first-order valence-corrected chi connectivity index (χ1v) is 15.1. The van der Waals surface area contributed by atoms with E-state index in [0.717, 1.165) is 5.57 Å². The van der Waals surface area contributed by atoms with Crippen LogP contribution >= 0.6 is 0 Å². The summed E-state index contributed by atoms with van der Waals surface area (Å²) in [6.45, 7) is 11.7. The minimum absolute atomic E-state index is 0.0220. The standard InChI is InChI=1S/C32H44N2O9/c1-16(14-17(2)28-18(3)23-12-13-32(15-40-32)31(6,42-23)43-28)8-9-22(36)25-27(37)26(19(4)29(38)33-7)34(30(25)39)24-11-10-21(35)20(5)41-24/h8-9,12-14,17-21,23-24,26,28,35-36H,10-11,15H2,1-7H3,(H,33,38). The fourth-order valence-corrected chi connectivity index (χ4v) is 6.82. The summed E-state index contributed by atoms with van der Waals surface area (Å²) in [5, 5.41) is 23.7. The second kappa shape index (κ2) is 11.6. The number of epoxide rings is 1. The zero-order valence-corrected chi connectivity index (χ0v) is 25.9. The van der Waals surface area contributed by atoms with Crippen LogP contribution in [0.3, 0.4) is 0 Å². The maximum Gasteiger partial charge on any atom is 0.264 e. The molecule has 2 amide bonds. The summed E-state index contributed by atoms with van der Waals surface area (Å²) in [4.78, 5) is 41.1. The highest BCUT2D eigenvalue weighted by Gasteiger charge is 2.66. The Morgan fingerprint density at radius 3 is 2.51 bits per heavy atom. The molecule has 5 aliphatic rings. The van der Waals surface area contributed by atoms with Gasteiger partial charge in [-0.25, -0.2) is 0 Å². The molecule has 5 aliphatic heterocycles. The van der Waals surface area contributed by atoms with Crippen molar-refractivity contribution in [2.75, 3.05) is 13.7 Å². The average molecular weight is 601 g/mol. The molecule has 0 saturated carbocycles. The van der Waals surface area contributed by atoms with E-state index >= 15 is 0 Å². The summed E-state index contributed by atoms with van der Waals surface area (Å²) >= 11 is 0. The number of Topliss-reactive ketones (excluding diaryl/α,β-unsaturated/α-hetero) is 1. The third kappa shape index (κ3) is 5.50. The Morgan fingerprint density at radius 2 is 1.88 bits per heavy atom. The number of rotatable bonds is 7. The van der Waals surface area contributed by atoms with Crippen LogP contribution in [-0.2, 0) is 33.3 Å². The van der Waals surface area contributed by atoms with Gasteiger partial charge in [0.2, 0.25) is 11.7 Å². The first-order valence-electron chi connectivity index (χ1n) is 15.1. The first-order chi connectivity index (χ1) is 20.2. The summed E-state index contributed by atoms with van der Waals surface area (Å²) in [5.74, 6) is -3.93. The van der Waals surface area contributed by atoms with Crippen LogP contribution in [0.1, 0.15) is 54.4 Å². The predicted molar refractivity (Wildman–Crippen MR) is 155 cm³/mol. The van der Waals surface area contributed by atoms with E-state index in [-0.39, 0.29) is 29.6 Å². The Bertz CT molecular complexity index is 1280. The van der Waals surface area contributed by atoms with E-state index in [4.69, 9.17) is 18.9 Å². The third-order valence-electron chi connectivity index (χ3n) is 9.67. The van der Waals surface area contributed by atoms with Gasteiger partial charge in [-0.2, -0.15) is 0 Å². The van der Waals surface area contributed by atoms with E-state index in [1.54, 1.807) is 19.9 Å². The smallest absolute Gasteiger partial charge is 0.264 e. The SMILES string of the molecule is CNC(=O)C(C)C1C(=O)C(=C(O)C=CC(C)=CC(C)C2OC3(C)OC(C=CC34CO4)C2C)C(=O)N1C1CCC(O)C(C)O1. The minimum Gasteiger partial charge on any atom is -0.507 e. The Morgan fingerprint density at radius 1 is 1.19 bits per heavy atom. The number of fused-ring (bicyclic) bond motifs is 3. The molecule has 236 valence electrons. The summed E-state index contributed by atoms with van der Waals surface area (Å²) in [6, 6.07) is -1.15. The molecular formula is C32H44N2O9. The molecule has 11 nitrogen and oxygen atoms in total. The minimum atomic E-state index is -1.15. The number of carbonyl (C=O) groups is 3. The molecule has 4 saturated heterocycles. The van der Waals surface area contributed by atoms with Gasteiger partial charge in [0.25, 0.3) is 5.91 Å². The number of likely N-dealkylation sites (tertiary alicyclic amines) is 1. The number of aliphatic hydroxyl groups is 2. The van der Waals surface area contributed by atoms with Crippen LogP contribution in [0.15, 0.2) is 47.3 Å². The van der Waals surface area contributed by atoms with Gasteiger partial charge in [0.1, 0.15) is 23.6 Å². The summed E-state index contributed by atoms with van der Waals surface area (Å²) in [6.07, 6.45) is 7.46. The molecule has 0 aromatic carbocycles. The topological polar surface area (TPSA) is 147 Å². The normalized spacial score (nSPS) is 42.0. The van der Waals surface area contributed by atoms with Crippen LogP contribution in [0, 0.1) is 17.8 Å². The van der Waals surface area contributed by atoms with Crippen LogP contribution in [-0.4, -0.2) is 94.4 Å². The molecule has 11 unspecified atom stereocenters. The van der Waals surface area contributed by atoms with E-state index < -0.39 is 65.1 Å². The summed E-state index contributed by atoms with van der Waals surface area (Å²) in [5.41, 5.74) is -0.127. The van der Waals surface area contributed by atoms with Crippen LogP contribution in [0.5, 0.6) is 0 Å². The molecule has 11 atom stereocenters. The molecule has 3 N–H and O–H groups in total. The van der Waals surface area contributed by atoms with Crippen LogP contribution < -0.4 is 5.32 Å². The highest BCUT2D eigenvalue weighted by atomic mass is 16.8. The fraction of sp³-hybridized carbons (Fsp3) is 0.656. The monoisotopic (exact) mass is 600 g/mol. The molecule has 0 aromatic rings. The Hall–Kier alpha value is -2.83. The van der Waals surface area contributed by atoms with Crippen molar-refractivity contribution in [2.45, 2.75) is 102 Å². The lowest BCUT2D eigenvalue weighted by Crippen LogP contribution is -2.61. The lowest BCUT2D eigenvalue weighted by Gasteiger charge is -2.51. The maximum absolute atomic E-state index is 13.6. The third-order valence-corrected chi connectivity index (χ3v) is 9.67. The quantitative estimate of drug-likeness (QED) is 0.100. The average Bonchev–Trinajstić information content (AvgIpc) is 3.71. The van der Waals surface area contributed by atoms with Crippen LogP contribution in [0.2, 0.25) is 0 Å². The molecule has 5 heterocycles. The summed E-state index contributed by atoms with van der Waals surface area (Å²) in [7, 11) is 1.46. The van der Waals surface area contributed by atoms with Gasteiger partial charge in [-0.3, -0.25) is 14.4 Å². The van der Waals surface area contributed by atoms with E-state index in [1.807, 2.05) is 19.9 Å². The second-order valence-electron chi connectivity index (χ2n) is 12.7. The van der Waals surface area contributed by atoms with E-state index in [1.165, 1.54) is 18.0 Å². The number of hydrogen-bond donors (Lipinski definition) is 3. The van der Waals surface area contributed by atoms with Crippen molar-refractivity contribution in [3.63, 3.8) is 0 Å². The molecule has 43 heavy (non-hydrogen) atoms. The van der Waals surface area contributed by atoms with E-state index in [9.17, 15) is 24.6 Å². The van der Waals surface area contributed by atoms with Crippen molar-refractivity contribution in [3.05, 3.63) is 47.3 Å². The summed E-state index contributed by atoms with van der Waals surface area (Å²) < 4.78 is 24.3. The molecule has 1 spiro atoms. The zero-order chi connectivity index (χ0) is 31.4. The van der Waals surface area contributed by atoms with Gasteiger partial charge in [-0.15, -0.1) is 0 Å². The zero-order valence-electron chi connectivity index (χ0n) is 25.9. The van der Waals surface area contributed by atoms with Gasteiger partial charge < -0.3 is 39.4 Å². The van der Waals surface area contributed by atoms with Gasteiger partial charge in [-0.05, 0) is 45.8 Å². The molecule has 0 aliphatic carbocycles. The van der Waals surface area contributed by atoms with Gasteiger partial charge >= 0.3 is 0 Å². The van der Waals surface area contributed by atoms with Gasteiger partial charge in [0, 0.05) is 18.9 Å². The van der Waals surface area contributed by atoms with Crippen LogP contribution in [0.25, 0.3) is 0 Å². The van der Waals surface area contributed by atoms with Crippen molar-refractivity contribution in [1.29, 1.82) is 0 Å². The molecule has 0 radical (unpaired) electrons. The highest BCUT2D eigenvalue weighted by molar-refractivity contribution is 6.27. The first kappa shape index (κ1) is 31.6. The van der Waals surface area contributed by atoms with Crippen molar-refractivity contribution in [1.82, 2.24) is 10.2 Å². The molecule has 11 heteroatoms. The maximum atomic E-state index is 13.6. The Kier molecular flexibility index (Phi) is 8.51. The number of aliphatic hydroxyl groups excluding tert-OH is 2. The van der Waals surface area contributed by atoms with Gasteiger partial charge in [0.05, 0.1) is 36.9 Å². The van der Waals surface area contributed by atoms with E-state index in [0.29, 0.717) is 19.4 Å². The number of carbonyl (C=O) groups excluding carboxylic acids is 3. The highest BCUT2D eigenvalue weighted by Crippen LogP contribution is 2.52. The lowest BCUT2D eigenvalue weighted by molar-refractivity contribution is -0.346. The lowest BCUT2D eigenvalue weighted by atomic mass is 9.82. The number of amides is 2. The second-order valence-corrected chi connectivity index (χ2v) is 12.7. The van der Waals surface area contributed by atoms with Gasteiger partial charge in [0.15, 0.2) is 11.4 Å². The Balaban J connectivity index is 1.36. The molecular weight excluding hydrogens is 556 g/mol. The van der Waals surface area contributed by atoms with Crippen molar-refractivity contribution in [2.24, 2.45) is 17.8 Å². The number of ketones is 1. The van der Waals surface area contributed by atoms with Crippen molar-refractivity contribution >= 4 is 17.6 Å². The molecule has 4 fully saturated rings. The molecule has 5 rings (SSSR count). The Labute approximate surface area is 252 Å². The molecule has 2 bridgehead atoms. The predicted octanol–water partition coefficient (Wildman–Crippen LogP) is 2.46.